The van der Waals surface area contributed by atoms with Crippen LogP contribution in [0.3, 0.4) is 0 Å². The molecule has 20 heavy (non-hydrogen) atoms. The molecular weight excluding hydrogens is 252 g/mol. The summed E-state index contributed by atoms with van der Waals surface area (Å²) in [6, 6.07) is 6.09. The van der Waals surface area contributed by atoms with Crippen LogP contribution in [0.2, 0.25) is 0 Å². The number of fused-ring (bicyclic) bond motifs is 1. The quantitative estimate of drug-likeness (QED) is 0.917. The molecule has 1 aromatic carbocycles. The van der Waals surface area contributed by atoms with Crippen LogP contribution in [0.1, 0.15) is 25.7 Å². The Balaban J connectivity index is 1.48. The fourth-order valence-corrected chi connectivity index (χ4v) is 2.87. The van der Waals surface area contributed by atoms with Gasteiger partial charge in [-0.15, -0.1) is 0 Å². The zero-order valence-corrected chi connectivity index (χ0v) is 12.1. The lowest BCUT2D eigenvalue weighted by Gasteiger charge is -2.21. The Hall–Kier alpha value is -1.42. The molecule has 1 saturated heterocycles. The molecule has 4 nitrogen and oxygen atoms in total. The van der Waals surface area contributed by atoms with Crippen molar-refractivity contribution in [3.63, 3.8) is 0 Å². The van der Waals surface area contributed by atoms with E-state index in [1.165, 1.54) is 38.8 Å². The molecule has 1 fully saturated rings. The summed E-state index contributed by atoms with van der Waals surface area (Å²) in [5, 5.41) is 3.49. The van der Waals surface area contributed by atoms with E-state index in [4.69, 9.17) is 9.47 Å². The molecule has 0 aromatic heterocycles. The van der Waals surface area contributed by atoms with Crippen molar-refractivity contribution in [2.75, 3.05) is 44.7 Å². The van der Waals surface area contributed by atoms with Gasteiger partial charge < -0.3 is 19.7 Å². The highest BCUT2D eigenvalue weighted by atomic mass is 16.6. The number of hydrogen-bond acceptors (Lipinski definition) is 4. The van der Waals surface area contributed by atoms with Crippen molar-refractivity contribution in [1.29, 1.82) is 0 Å². The lowest BCUT2D eigenvalue weighted by Crippen LogP contribution is -2.30. The SMILES string of the molecule is c1cc2c(cc1NCCN1CCCCCC1)OCCO2. The molecule has 0 unspecified atom stereocenters. The van der Waals surface area contributed by atoms with Crippen molar-refractivity contribution in [3.05, 3.63) is 18.2 Å². The molecule has 0 bridgehead atoms. The minimum absolute atomic E-state index is 0.643. The monoisotopic (exact) mass is 276 g/mol. The van der Waals surface area contributed by atoms with E-state index < -0.39 is 0 Å². The maximum Gasteiger partial charge on any atom is 0.163 e. The Morgan fingerprint density at radius 1 is 0.950 bits per heavy atom. The molecule has 1 N–H and O–H groups in total. The van der Waals surface area contributed by atoms with E-state index in [9.17, 15) is 0 Å². The van der Waals surface area contributed by atoms with Crippen LogP contribution in [0.5, 0.6) is 11.5 Å². The van der Waals surface area contributed by atoms with E-state index in [0.717, 1.165) is 30.3 Å². The molecule has 2 heterocycles. The standard InChI is InChI=1S/C16H24N2O2/c1-2-4-9-18(8-3-1)10-7-17-14-5-6-15-16(13-14)20-12-11-19-15/h5-6,13,17H,1-4,7-12H2. The van der Waals surface area contributed by atoms with Gasteiger partial charge in [0.05, 0.1) is 0 Å². The van der Waals surface area contributed by atoms with Crippen LogP contribution >= 0.6 is 0 Å². The van der Waals surface area contributed by atoms with Gasteiger partial charge in [0.2, 0.25) is 0 Å². The van der Waals surface area contributed by atoms with Crippen molar-refractivity contribution in [2.45, 2.75) is 25.7 Å². The summed E-state index contributed by atoms with van der Waals surface area (Å²) < 4.78 is 11.1. The normalized spacial score (nSPS) is 19.4. The summed E-state index contributed by atoms with van der Waals surface area (Å²) in [4.78, 5) is 2.57. The Kier molecular flexibility index (Phi) is 4.64. The van der Waals surface area contributed by atoms with E-state index in [1.54, 1.807) is 0 Å². The summed E-state index contributed by atoms with van der Waals surface area (Å²) in [5.74, 6) is 1.71. The second kappa shape index (κ2) is 6.84. The second-order valence-corrected chi connectivity index (χ2v) is 5.54. The van der Waals surface area contributed by atoms with Crippen molar-refractivity contribution >= 4 is 5.69 Å². The first-order chi connectivity index (χ1) is 9.92. The van der Waals surface area contributed by atoms with Crippen molar-refractivity contribution in [1.82, 2.24) is 4.90 Å². The molecule has 0 amide bonds. The number of anilines is 1. The molecule has 2 aliphatic heterocycles. The van der Waals surface area contributed by atoms with Gasteiger partial charge in [0.15, 0.2) is 11.5 Å². The highest BCUT2D eigenvalue weighted by molar-refractivity contribution is 5.55. The van der Waals surface area contributed by atoms with E-state index in [-0.39, 0.29) is 0 Å². The third-order valence-corrected chi connectivity index (χ3v) is 4.00. The van der Waals surface area contributed by atoms with Gasteiger partial charge in [-0.3, -0.25) is 0 Å². The van der Waals surface area contributed by atoms with Crippen LogP contribution in [-0.4, -0.2) is 44.3 Å². The third-order valence-electron chi connectivity index (χ3n) is 4.00. The first kappa shape index (κ1) is 13.6. The molecule has 0 atom stereocenters. The van der Waals surface area contributed by atoms with Gasteiger partial charge in [-0.05, 0) is 38.1 Å². The van der Waals surface area contributed by atoms with Gasteiger partial charge in [-0.1, -0.05) is 12.8 Å². The minimum Gasteiger partial charge on any atom is -0.486 e. The number of benzene rings is 1. The molecule has 0 radical (unpaired) electrons. The van der Waals surface area contributed by atoms with E-state index >= 15 is 0 Å². The van der Waals surface area contributed by atoms with Crippen molar-refractivity contribution < 1.29 is 9.47 Å². The largest absolute Gasteiger partial charge is 0.486 e. The van der Waals surface area contributed by atoms with Crippen LogP contribution < -0.4 is 14.8 Å². The molecular formula is C16H24N2O2. The minimum atomic E-state index is 0.643. The molecule has 0 spiro atoms. The molecule has 2 aliphatic rings. The van der Waals surface area contributed by atoms with Gasteiger partial charge in [0.1, 0.15) is 13.2 Å². The lowest BCUT2D eigenvalue weighted by atomic mass is 10.2. The topological polar surface area (TPSA) is 33.7 Å². The maximum absolute atomic E-state index is 5.60. The second-order valence-electron chi connectivity index (χ2n) is 5.54. The first-order valence-corrected chi connectivity index (χ1v) is 7.78. The first-order valence-electron chi connectivity index (χ1n) is 7.78. The Morgan fingerprint density at radius 2 is 1.70 bits per heavy atom. The van der Waals surface area contributed by atoms with Crippen LogP contribution in [-0.2, 0) is 0 Å². The predicted molar refractivity (Wildman–Crippen MR) is 80.8 cm³/mol. The van der Waals surface area contributed by atoms with Crippen LogP contribution in [0.4, 0.5) is 5.69 Å². The zero-order chi connectivity index (χ0) is 13.6. The average molecular weight is 276 g/mol. The number of hydrogen-bond donors (Lipinski definition) is 1. The third kappa shape index (κ3) is 3.57. The molecule has 4 heteroatoms. The van der Waals surface area contributed by atoms with Gasteiger partial charge in [0, 0.05) is 24.8 Å². The fourth-order valence-electron chi connectivity index (χ4n) is 2.87. The Morgan fingerprint density at radius 3 is 2.50 bits per heavy atom. The molecule has 0 saturated carbocycles. The van der Waals surface area contributed by atoms with Gasteiger partial charge in [0.25, 0.3) is 0 Å². The summed E-state index contributed by atoms with van der Waals surface area (Å²) in [5.41, 5.74) is 1.11. The fraction of sp³-hybridized carbons (Fsp3) is 0.625. The van der Waals surface area contributed by atoms with E-state index in [1.807, 2.05) is 12.1 Å². The van der Waals surface area contributed by atoms with Gasteiger partial charge >= 0.3 is 0 Å². The van der Waals surface area contributed by atoms with Crippen molar-refractivity contribution in [2.24, 2.45) is 0 Å². The highest BCUT2D eigenvalue weighted by Gasteiger charge is 2.12. The lowest BCUT2D eigenvalue weighted by molar-refractivity contribution is 0.171. The van der Waals surface area contributed by atoms with Gasteiger partial charge in [-0.25, -0.2) is 0 Å². The van der Waals surface area contributed by atoms with Crippen LogP contribution in [0, 0.1) is 0 Å². The zero-order valence-electron chi connectivity index (χ0n) is 12.1. The number of rotatable bonds is 4. The number of ether oxygens (including phenoxy) is 2. The average Bonchev–Trinajstić information content (AvgIpc) is 2.76. The molecule has 110 valence electrons. The number of likely N-dealkylation sites (tertiary alicyclic amines) is 1. The van der Waals surface area contributed by atoms with Crippen LogP contribution in [0.25, 0.3) is 0 Å². The van der Waals surface area contributed by atoms with E-state index in [0.29, 0.717) is 13.2 Å². The highest BCUT2D eigenvalue weighted by Crippen LogP contribution is 2.32. The summed E-state index contributed by atoms with van der Waals surface area (Å²) >= 11 is 0. The molecule has 3 rings (SSSR count). The maximum atomic E-state index is 5.60. The Bertz CT molecular complexity index is 428. The summed E-state index contributed by atoms with van der Waals surface area (Å²) in [7, 11) is 0. The molecule has 0 aliphatic carbocycles. The van der Waals surface area contributed by atoms with Crippen LogP contribution in [0.15, 0.2) is 18.2 Å². The molecule has 1 aromatic rings. The summed E-state index contributed by atoms with van der Waals surface area (Å²) in [6.07, 6.45) is 5.49. The number of nitrogens with zero attached hydrogens (tertiary/aromatic N) is 1. The number of nitrogens with one attached hydrogen (secondary N) is 1. The smallest absolute Gasteiger partial charge is 0.163 e. The Labute approximate surface area is 121 Å². The van der Waals surface area contributed by atoms with Gasteiger partial charge in [-0.2, -0.15) is 0 Å². The van der Waals surface area contributed by atoms with Crippen molar-refractivity contribution in [3.8, 4) is 11.5 Å². The predicted octanol–water partition coefficient (Wildman–Crippen LogP) is 2.75. The summed E-state index contributed by atoms with van der Waals surface area (Å²) in [6.45, 7) is 5.90. The van der Waals surface area contributed by atoms with E-state index in [2.05, 4.69) is 16.3 Å².